The predicted octanol–water partition coefficient (Wildman–Crippen LogP) is 3.99. The number of benzene rings is 1. The number of fused-ring (bicyclic) bond motifs is 1. The van der Waals surface area contributed by atoms with Crippen LogP contribution in [0.4, 0.5) is 0 Å². The van der Waals surface area contributed by atoms with E-state index in [2.05, 4.69) is 24.3 Å². The van der Waals surface area contributed by atoms with Crippen molar-refractivity contribution in [3.05, 3.63) is 60.1 Å². The second kappa shape index (κ2) is 4.85. The molecule has 0 bridgehead atoms. The van der Waals surface area contributed by atoms with Crippen LogP contribution in [-0.4, -0.2) is 11.1 Å². The third-order valence-corrected chi connectivity index (χ3v) is 3.45. The fourth-order valence-corrected chi connectivity index (χ4v) is 2.46. The Kier molecular flexibility index (Phi) is 3.03. The van der Waals surface area contributed by atoms with Gasteiger partial charge in [-0.05, 0) is 41.3 Å². The maximum absolute atomic E-state index is 11.0. The molecule has 3 heteroatoms. The van der Waals surface area contributed by atoms with Crippen LogP contribution in [0.2, 0.25) is 0 Å². The largest absolute Gasteiger partial charge is 0.481 e. The van der Waals surface area contributed by atoms with Crippen molar-refractivity contribution in [3.63, 3.8) is 0 Å². The number of aliphatic carboxylic acids is 1. The van der Waals surface area contributed by atoms with Crippen LogP contribution in [0, 0.1) is 6.92 Å². The van der Waals surface area contributed by atoms with E-state index in [0.717, 1.165) is 27.8 Å². The van der Waals surface area contributed by atoms with E-state index in [4.69, 9.17) is 9.52 Å². The highest BCUT2D eigenvalue weighted by Gasteiger charge is 2.18. The number of carboxylic acids is 1. The Morgan fingerprint density at radius 2 is 1.85 bits per heavy atom. The summed E-state index contributed by atoms with van der Waals surface area (Å²) in [7, 11) is 0. The summed E-state index contributed by atoms with van der Waals surface area (Å²) >= 11 is 0. The molecule has 0 saturated heterocycles. The Morgan fingerprint density at radius 1 is 1.10 bits per heavy atom. The van der Waals surface area contributed by atoms with Crippen molar-refractivity contribution in [2.24, 2.45) is 0 Å². The van der Waals surface area contributed by atoms with Crippen molar-refractivity contribution in [3.8, 4) is 22.3 Å². The summed E-state index contributed by atoms with van der Waals surface area (Å²) in [5.41, 5.74) is 6.01. The summed E-state index contributed by atoms with van der Waals surface area (Å²) in [4.78, 5) is 11.0. The van der Waals surface area contributed by atoms with Crippen molar-refractivity contribution in [1.82, 2.24) is 0 Å². The van der Waals surface area contributed by atoms with E-state index in [1.165, 1.54) is 5.56 Å². The molecule has 1 aromatic carbocycles. The van der Waals surface area contributed by atoms with E-state index in [0.29, 0.717) is 0 Å². The Bertz CT molecular complexity index is 722. The van der Waals surface area contributed by atoms with Gasteiger partial charge in [0.1, 0.15) is 0 Å². The molecule has 2 aliphatic rings. The summed E-state index contributed by atoms with van der Waals surface area (Å²) in [5.74, 6) is -0.837. The Morgan fingerprint density at radius 3 is 2.55 bits per heavy atom. The molecule has 1 N–H and O–H groups in total. The number of carbonyl (C=O) groups is 1. The number of rotatable bonds is 3. The summed E-state index contributed by atoms with van der Waals surface area (Å²) in [6.07, 6.45) is 3.23. The van der Waals surface area contributed by atoms with Gasteiger partial charge in [0.15, 0.2) is 0 Å². The van der Waals surface area contributed by atoms with Gasteiger partial charge in [0.25, 0.3) is 0 Å². The third-order valence-electron chi connectivity index (χ3n) is 3.45. The summed E-state index contributed by atoms with van der Waals surface area (Å²) in [6.45, 7) is 2.04. The van der Waals surface area contributed by atoms with Gasteiger partial charge in [-0.3, -0.25) is 4.79 Å². The maximum atomic E-state index is 11.0. The molecule has 0 amide bonds. The van der Waals surface area contributed by atoms with E-state index >= 15 is 0 Å². The van der Waals surface area contributed by atoms with Crippen LogP contribution in [0.1, 0.15) is 11.1 Å². The number of hydrogen-bond acceptors (Lipinski definition) is 2. The zero-order valence-electron chi connectivity index (χ0n) is 11.1. The fourth-order valence-electron chi connectivity index (χ4n) is 2.46. The number of hydrogen-bond donors (Lipinski definition) is 1. The molecule has 3 nitrogen and oxygen atoms in total. The highest BCUT2D eigenvalue weighted by atomic mass is 16.4. The monoisotopic (exact) mass is 266 g/mol. The standard InChI is InChI=1S/C17H14O3/c1-11-2-4-12(5-3-11)15-8-13(9-17(18)19)16-10-20-7-6-14(15)16/h2-8,10H,9H2,1H3,(H,18,19). The Labute approximate surface area is 116 Å². The van der Waals surface area contributed by atoms with Crippen molar-refractivity contribution in [2.75, 3.05) is 0 Å². The molecule has 0 fully saturated rings. The molecule has 1 aromatic rings. The van der Waals surface area contributed by atoms with Gasteiger partial charge in [0.2, 0.25) is 0 Å². The molecule has 1 aliphatic carbocycles. The molecule has 3 rings (SSSR count). The molecule has 0 atom stereocenters. The van der Waals surface area contributed by atoms with Crippen LogP contribution in [0.5, 0.6) is 0 Å². The molecular formula is C17H14O3. The smallest absolute Gasteiger partial charge is 0.307 e. The maximum Gasteiger partial charge on any atom is 0.307 e. The van der Waals surface area contributed by atoms with Crippen LogP contribution in [0.15, 0.2) is 53.3 Å². The normalized spacial score (nSPS) is 10.8. The lowest BCUT2D eigenvalue weighted by Gasteiger charge is -2.04. The first-order chi connectivity index (χ1) is 9.65. The Hall–Kier alpha value is -2.55. The lowest BCUT2D eigenvalue weighted by atomic mass is 10.0. The highest BCUT2D eigenvalue weighted by molar-refractivity contribution is 5.90. The summed E-state index contributed by atoms with van der Waals surface area (Å²) in [6, 6.07) is 12.0. The van der Waals surface area contributed by atoms with Crippen molar-refractivity contribution >= 4 is 5.97 Å². The predicted molar refractivity (Wildman–Crippen MR) is 76.8 cm³/mol. The molecule has 1 aliphatic heterocycles. The van der Waals surface area contributed by atoms with Crippen LogP contribution in [0.25, 0.3) is 22.3 Å². The average Bonchev–Trinajstić information content (AvgIpc) is 2.78. The molecule has 20 heavy (non-hydrogen) atoms. The topological polar surface area (TPSA) is 50.4 Å². The zero-order valence-corrected chi connectivity index (χ0v) is 11.1. The highest BCUT2D eigenvalue weighted by Crippen LogP contribution is 2.39. The fraction of sp³-hybridized carbons (Fsp3) is 0.118. The molecule has 0 spiro atoms. The molecule has 0 unspecified atom stereocenters. The molecule has 0 aromatic heterocycles. The third kappa shape index (κ3) is 2.18. The lowest BCUT2D eigenvalue weighted by Crippen LogP contribution is -1.99. The molecular weight excluding hydrogens is 252 g/mol. The van der Waals surface area contributed by atoms with Gasteiger partial charge in [-0.25, -0.2) is 0 Å². The SMILES string of the molecule is Cc1ccc(-c2cc(CC(=O)O)c3coccc2-3)cc1. The van der Waals surface area contributed by atoms with Crippen molar-refractivity contribution < 1.29 is 14.3 Å². The van der Waals surface area contributed by atoms with Crippen molar-refractivity contribution in [2.45, 2.75) is 13.3 Å². The van der Waals surface area contributed by atoms with Crippen molar-refractivity contribution in [1.29, 1.82) is 0 Å². The van der Waals surface area contributed by atoms with E-state index in [-0.39, 0.29) is 6.42 Å². The van der Waals surface area contributed by atoms with Gasteiger partial charge in [-0.15, -0.1) is 0 Å². The molecule has 0 saturated carbocycles. The first kappa shape index (κ1) is 12.5. The van der Waals surface area contributed by atoms with E-state index in [1.807, 2.05) is 19.1 Å². The van der Waals surface area contributed by atoms with Gasteiger partial charge >= 0.3 is 5.97 Å². The average molecular weight is 266 g/mol. The molecule has 1 heterocycles. The zero-order chi connectivity index (χ0) is 14.1. The lowest BCUT2D eigenvalue weighted by molar-refractivity contribution is -0.136. The number of carboxylic acid groups (broad SMARTS) is 1. The summed E-state index contributed by atoms with van der Waals surface area (Å²) < 4.78 is 5.19. The van der Waals surface area contributed by atoms with Gasteiger partial charge in [-0.1, -0.05) is 29.8 Å². The first-order valence-electron chi connectivity index (χ1n) is 6.42. The quantitative estimate of drug-likeness (QED) is 0.779. The van der Waals surface area contributed by atoms with Crippen LogP contribution >= 0.6 is 0 Å². The minimum Gasteiger partial charge on any atom is -0.481 e. The van der Waals surface area contributed by atoms with Gasteiger partial charge in [0, 0.05) is 5.56 Å². The van der Waals surface area contributed by atoms with Crippen LogP contribution in [-0.2, 0) is 11.2 Å². The van der Waals surface area contributed by atoms with Crippen LogP contribution < -0.4 is 0 Å². The first-order valence-corrected chi connectivity index (χ1v) is 6.42. The van der Waals surface area contributed by atoms with E-state index in [1.54, 1.807) is 12.5 Å². The van der Waals surface area contributed by atoms with Gasteiger partial charge < -0.3 is 9.52 Å². The molecule has 100 valence electrons. The van der Waals surface area contributed by atoms with Crippen LogP contribution in [0.3, 0.4) is 0 Å². The van der Waals surface area contributed by atoms with Gasteiger partial charge in [-0.2, -0.15) is 0 Å². The van der Waals surface area contributed by atoms with E-state index < -0.39 is 5.97 Å². The minimum absolute atomic E-state index is 0.00188. The Balaban J connectivity index is 2.15. The second-order valence-corrected chi connectivity index (χ2v) is 4.90. The van der Waals surface area contributed by atoms with E-state index in [9.17, 15) is 4.79 Å². The summed E-state index contributed by atoms with van der Waals surface area (Å²) in [5, 5.41) is 9.01. The second-order valence-electron chi connectivity index (χ2n) is 4.90. The van der Waals surface area contributed by atoms with Gasteiger partial charge in [0.05, 0.1) is 18.9 Å². The minimum atomic E-state index is -0.837. The number of aryl methyl sites for hydroxylation is 1. The molecule has 0 radical (unpaired) electrons.